The normalized spacial score (nSPS) is 22.3. The zero-order valence-corrected chi connectivity index (χ0v) is 22.6. The van der Waals surface area contributed by atoms with Gasteiger partial charge in [-0.2, -0.15) is 5.26 Å². The minimum Gasteiger partial charge on any atom is -0.399 e. The number of hydrogen-bond donors (Lipinski definition) is 1. The van der Waals surface area contributed by atoms with E-state index in [4.69, 9.17) is 9.31 Å². The van der Waals surface area contributed by atoms with Gasteiger partial charge in [-0.1, -0.05) is 36.4 Å². The Kier molecular flexibility index (Phi) is 7.11. The monoisotopic (exact) mass is 526 g/mol. The van der Waals surface area contributed by atoms with Crippen LogP contribution in [0, 0.1) is 23.1 Å². The van der Waals surface area contributed by atoms with E-state index in [0.717, 1.165) is 16.7 Å². The van der Waals surface area contributed by atoms with E-state index in [1.54, 1.807) is 41.3 Å². The molecule has 5 rings (SSSR count). The van der Waals surface area contributed by atoms with Gasteiger partial charge in [0.25, 0.3) is 0 Å². The lowest BCUT2D eigenvalue weighted by Gasteiger charge is -2.48. The molecule has 0 aromatic heterocycles. The predicted octanol–water partition coefficient (Wildman–Crippen LogP) is 5.21. The van der Waals surface area contributed by atoms with E-state index in [1.807, 2.05) is 52.0 Å². The molecule has 0 unspecified atom stereocenters. The van der Waals surface area contributed by atoms with Crippen molar-refractivity contribution in [3.05, 3.63) is 95.3 Å². The topological polar surface area (TPSA) is 82.8 Å². The second kappa shape index (κ2) is 10.2. The highest BCUT2D eigenvalue weighted by molar-refractivity contribution is 6.62. The van der Waals surface area contributed by atoms with Crippen molar-refractivity contribution in [2.75, 3.05) is 4.90 Å². The van der Waals surface area contributed by atoms with Crippen LogP contribution in [-0.4, -0.2) is 29.3 Å². The van der Waals surface area contributed by atoms with Crippen LogP contribution in [0.5, 0.6) is 0 Å². The van der Waals surface area contributed by atoms with Gasteiger partial charge < -0.3 is 19.3 Å². The number of carbonyl (C=O) groups is 1. The van der Waals surface area contributed by atoms with Crippen LogP contribution in [0.2, 0.25) is 0 Å². The van der Waals surface area contributed by atoms with Crippen LogP contribution in [0.4, 0.5) is 10.1 Å². The van der Waals surface area contributed by atoms with Crippen molar-refractivity contribution in [3.8, 4) is 6.07 Å². The molecule has 0 spiro atoms. The predicted molar refractivity (Wildman–Crippen MR) is 148 cm³/mol. The zero-order valence-electron chi connectivity index (χ0n) is 22.6. The molecule has 6 nitrogen and oxygen atoms in total. The van der Waals surface area contributed by atoms with Crippen LogP contribution in [-0.2, 0) is 14.1 Å². The van der Waals surface area contributed by atoms with Gasteiger partial charge in [-0.25, -0.2) is 4.39 Å². The molecule has 0 saturated carbocycles. The number of hydrogen-bond acceptors (Lipinski definition) is 5. The molecule has 1 amide bonds. The van der Waals surface area contributed by atoms with E-state index < -0.39 is 24.4 Å². The Morgan fingerprint density at radius 3 is 2.13 bits per heavy atom. The Morgan fingerprint density at radius 2 is 1.56 bits per heavy atom. The summed E-state index contributed by atoms with van der Waals surface area (Å²) in [6, 6.07) is 22.6. The standard InChI is InChI=1S/C31H32BFN2O4/c1-30(2)31(3,4)39-32(38-30)23-11-7-22(8-12-23)28-26(17-18-27(36)21-9-13-24(33)14-10-21)29(37)35(28)25-15-5-20(19-34)6-16-25/h5-16,26-28,36H,17-18H2,1-4H3/t26-,27+,28-/m1/s1. The Labute approximate surface area is 229 Å². The number of rotatable bonds is 7. The van der Waals surface area contributed by atoms with Gasteiger partial charge in [0.05, 0.1) is 40.9 Å². The maximum absolute atomic E-state index is 13.4. The van der Waals surface area contributed by atoms with Crippen LogP contribution in [0.25, 0.3) is 0 Å². The number of nitriles is 1. The molecule has 2 aliphatic heterocycles. The van der Waals surface area contributed by atoms with Gasteiger partial charge in [0.2, 0.25) is 5.91 Å². The van der Waals surface area contributed by atoms with Gasteiger partial charge in [0.1, 0.15) is 5.82 Å². The number of anilines is 1. The third kappa shape index (κ3) is 5.10. The summed E-state index contributed by atoms with van der Waals surface area (Å²) in [6.07, 6.45) is 0.0354. The van der Waals surface area contributed by atoms with Crippen LogP contribution in [0.1, 0.15) is 69.4 Å². The Morgan fingerprint density at radius 1 is 0.974 bits per heavy atom. The molecule has 1 N–H and O–H groups in total. The molecule has 0 aliphatic carbocycles. The largest absolute Gasteiger partial charge is 0.494 e. The number of aliphatic hydroxyl groups excluding tert-OH is 1. The Hall–Kier alpha value is -3.51. The lowest BCUT2D eigenvalue weighted by Crippen LogP contribution is -2.55. The molecule has 2 aliphatic rings. The average molecular weight is 526 g/mol. The minimum absolute atomic E-state index is 0.0361. The summed E-state index contributed by atoms with van der Waals surface area (Å²) in [5.41, 5.74) is 2.83. The van der Waals surface area contributed by atoms with E-state index >= 15 is 0 Å². The quantitative estimate of drug-likeness (QED) is 0.338. The molecule has 200 valence electrons. The highest BCUT2D eigenvalue weighted by Gasteiger charge is 2.52. The van der Waals surface area contributed by atoms with E-state index in [1.165, 1.54) is 12.1 Å². The van der Waals surface area contributed by atoms with E-state index in [0.29, 0.717) is 24.0 Å². The van der Waals surface area contributed by atoms with Crippen molar-refractivity contribution in [2.24, 2.45) is 5.92 Å². The van der Waals surface area contributed by atoms with Gasteiger partial charge >= 0.3 is 7.12 Å². The fraction of sp³-hybridized carbons (Fsp3) is 0.355. The molecule has 0 bridgehead atoms. The smallest absolute Gasteiger partial charge is 0.399 e. The first kappa shape index (κ1) is 27.1. The van der Waals surface area contributed by atoms with Crippen molar-refractivity contribution in [3.63, 3.8) is 0 Å². The first-order valence-corrected chi connectivity index (χ1v) is 13.2. The molecule has 3 atom stereocenters. The number of nitrogens with zero attached hydrogens (tertiary/aromatic N) is 2. The lowest BCUT2D eigenvalue weighted by molar-refractivity contribution is -0.131. The number of halogens is 1. The number of carbonyl (C=O) groups excluding carboxylic acids is 1. The summed E-state index contributed by atoms with van der Waals surface area (Å²) in [5.74, 6) is -0.730. The fourth-order valence-corrected chi connectivity index (χ4v) is 5.21. The van der Waals surface area contributed by atoms with Crippen molar-refractivity contribution in [2.45, 2.75) is 63.9 Å². The lowest BCUT2D eigenvalue weighted by atomic mass is 9.75. The summed E-state index contributed by atoms with van der Waals surface area (Å²) >= 11 is 0. The van der Waals surface area contributed by atoms with Crippen molar-refractivity contribution in [1.82, 2.24) is 0 Å². The van der Waals surface area contributed by atoms with E-state index in [-0.39, 0.29) is 23.7 Å². The van der Waals surface area contributed by atoms with Gasteiger partial charge in [0.15, 0.2) is 0 Å². The summed E-state index contributed by atoms with van der Waals surface area (Å²) in [7, 11) is -0.483. The molecule has 2 saturated heterocycles. The Bertz CT molecular complexity index is 1370. The number of β-lactam (4-membered cyclic amide) rings is 1. The van der Waals surface area contributed by atoms with Crippen LogP contribution >= 0.6 is 0 Å². The highest BCUT2D eigenvalue weighted by Crippen LogP contribution is 2.46. The fourth-order valence-electron chi connectivity index (χ4n) is 5.21. The van der Waals surface area contributed by atoms with Crippen LogP contribution < -0.4 is 10.4 Å². The molecule has 39 heavy (non-hydrogen) atoms. The van der Waals surface area contributed by atoms with Crippen LogP contribution in [0.3, 0.4) is 0 Å². The molecule has 8 heteroatoms. The average Bonchev–Trinajstić information content (AvgIpc) is 3.14. The van der Waals surface area contributed by atoms with Gasteiger partial charge in [0, 0.05) is 5.69 Å². The first-order chi connectivity index (χ1) is 18.5. The summed E-state index contributed by atoms with van der Waals surface area (Å²) in [6.45, 7) is 8.06. The van der Waals surface area contributed by atoms with Gasteiger partial charge in [-0.15, -0.1) is 0 Å². The third-order valence-electron chi connectivity index (χ3n) is 8.30. The van der Waals surface area contributed by atoms with Gasteiger partial charge in [-0.3, -0.25) is 4.79 Å². The SMILES string of the molecule is CC1(C)OB(c2ccc([C@@H]3[C@@H](CC[C@H](O)c4ccc(F)cc4)C(=O)N3c3ccc(C#N)cc3)cc2)OC1(C)C. The number of amides is 1. The number of aliphatic hydroxyl groups is 1. The second-order valence-corrected chi connectivity index (χ2v) is 11.3. The van der Waals surface area contributed by atoms with Crippen molar-refractivity contribution >= 4 is 24.2 Å². The van der Waals surface area contributed by atoms with E-state index in [2.05, 4.69) is 6.07 Å². The summed E-state index contributed by atoms with van der Waals surface area (Å²) in [5, 5.41) is 19.9. The molecule has 2 heterocycles. The zero-order chi connectivity index (χ0) is 27.9. The van der Waals surface area contributed by atoms with Crippen molar-refractivity contribution < 1.29 is 23.6 Å². The van der Waals surface area contributed by atoms with Crippen molar-refractivity contribution in [1.29, 1.82) is 5.26 Å². The summed E-state index contributed by atoms with van der Waals surface area (Å²) in [4.78, 5) is 15.2. The summed E-state index contributed by atoms with van der Waals surface area (Å²) < 4.78 is 25.7. The van der Waals surface area contributed by atoms with Crippen LogP contribution in [0.15, 0.2) is 72.8 Å². The maximum Gasteiger partial charge on any atom is 0.494 e. The molecular formula is C31H32BFN2O4. The molecule has 3 aromatic rings. The molecule has 0 radical (unpaired) electrons. The third-order valence-corrected chi connectivity index (χ3v) is 8.30. The first-order valence-electron chi connectivity index (χ1n) is 13.2. The minimum atomic E-state index is -0.797. The maximum atomic E-state index is 13.4. The van der Waals surface area contributed by atoms with E-state index in [9.17, 15) is 19.6 Å². The molecule has 2 fully saturated rings. The molecule has 3 aromatic carbocycles. The molecular weight excluding hydrogens is 494 g/mol. The van der Waals surface area contributed by atoms with Gasteiger partial charge in [-0.05, 0) is 93.5 Å². The second-order valence-electron chi connectivity index (χ2n) is 11.3. The highest BCUT2D eigenvalue weighted by atomic mass is 19.1. The Balaban J connectivity index is 1.38. The number of benzene rings is 3.